The summed E-state index contributed by atoms with van der Waals surface area (Å²) in [6.07, 6.45) is 3.36. The first-order valence-corrected chi connectivity index (χ1v) is 20.8. The molecule has 0 bridgehead atoms. The molecular formula is C35H54O5Si2. The number of benzene rings is 2. The van der Waals surface area contributed by atoms with Crippen LogP contribution in [0, 0.1) is 11.5 Å². The quantitative estimate of drug-likeness (QED) is 0.0822. The third-order valence-electron chi connectivity index (χ3n) is 7.54. The molecule has 0 amide bonds. The standard InChI is InChI=1S/C35H54O5Si2/c1-27(2)42(28(3)4,29(5)6)40-35(32-18-15-19-33(37-8)31(32)22-25-41(9,10)11)34(39-26-38-24-23-36-7)21-20-30-16-13-12-14-17-30/h12-21,27-29,34-35H,23-24,26H2,1-11H3/b21-20+/t34-,35-/m1/s1. The van der Waals surface area contributed by atoms with Crippen molar-refractivity contribution in [2.75, 3.05) is 34.2 Å². The third kappa shape index (κ3) is 10.2. The molecule has 0 aliphatic carbocycles. The Bertz CT molecular complexity index is 1140. The lowest BCUT2D eigenvalue weighted by Gasteiger charge is -2.46. The first-order chi connectivity index (χ1) is 19.9. The first kappa shape index (κ1) is 36.0. The smallest absolute Gasteiger partial charge is 0.201 e. The Morgan fingerprint density at radius 1 is 0.810 bits per heavy atom. The van der Waals surface area contributed by atoms with Crippen LogP contribution in [0.5, 0.6) is 5.75 Å². The van der Waals surface area contributed by atoms with E-state index in [2.05, 4.69) is 103 Å². The number of rotatable bonds is 16. The Labute approximate surface area is 258 Å². The zero-order valence-corrected chi connectivity index (χ0v) is 29.8. The van der Waals surface area contributed by atoms with Gasteiger partial charge in [0.25, 0.3) is 0 Å². The highest BCUT2D eigenvalue weighted by atomic mass is 28.4. The molecule has 2 rings (SSSR count). The second kappa shape index (κ2) is 17.2. The molecule has 0 aromatic heterocycles. The fourth-order valence-electron chi connectivity index (χ4n) is 5.62. The van der Waals surface area contributed by atoms with Gasteiger partial charge < -0.3 is 23.4 Å². The van der Waals surface area contributed by atoms with E-state index in [1.807, 2.05) is 30.3 Å². The SMILES string of the molecule is COCCOCO[C@H](/C=C/c1ccccc1)[C@H](O[Si](C(C)C)(C(C)C)C(C)C)c1cccc(OC)c1C#C[Si](C)(C)C. The predicted molar refractivity (Wildman–Crippen MR) is 181 cm³/mol. The molecule has 0 heterocycles. The van der Waals surface area contributed by atoms with Crippen LogP contribution in [-0.2, 0) is 18.6 Å². The van der Waals surface area contributed by atoms with Gasteiger partial charge in [-0.2, -0.15) is 0 Å². The van der Waals surface area contributed by atoms with Crippen molar-refractivity contribution in [1.29, 1.82) is 0 Å². The molecule has 42 heavy (non-hydrogen) atoms. The molecule has 7 heteroatoms. The Morgan fingerprint density at radius 2 is 1.45 bits per heavy atom. The number of methoxy groups -OCH3 is 2. The topological polar surface area (TPSA) is 46.2 Å². The van der Waals surface area contributed by atoms with E-state index in [-0.39, 0.29) is 6.79 Å². The van der Waals surface area contributed by atoms with Crippen LogP contribution in [-0.4, -0.2) is 56.7 Å². The fourth-order valence-corrected chi connectivity index (χ4v) is 11.6. The molecular weight excluding hydrogens is 557 g/mol. The van der Waals surface area contributed by atoms with Crippen molar-refractivity contribution < 1.29 is 23.4 Å². The molecule has 0 saturated carbocycles. The van der Waals surface area contributed by atoms with Gasteiger partial charge in [0, 0.05) is 12.7 Å². The Balaban J connectivity index is 2.81. The minimum absolute atomic E-state index is 0.118. The van der Waals surface area contributed by atoms with E-state index in [4.69, 9.17) is 23.4 Å². The summed E-state index contributed by atoms with van der Waals surface area (Å²) in [6.45, 7) is 21.7. The molecule has 2 aromatic rings. The van der Waals surface area contributed by atoms with Gasteiger partial charge in [-0.3, -0.25) is 0 Å². The van der Waals surface area contributed by atoms with E-state index < -0.39 is 28.6 Å². The third-order valence-corrected chi connectivity index (χ3v) is 14.5. The van der Waals surface area contributed by atoms with Crippen LogP contribution >= 0.6 is 0 Å². The summed E-state index contributed by atoms with van der Waals surface area (Å²) in [5.41, 5.74) is 7.68. The minimum Gasteiger partial charge on any atom is -0.495 e. The highest BCUT2D eigenvalue weighted by Gasteiger charge is 2.48. The number of hydrogen-bond acceptors (Lipinski definition) is 5. The van der Waals surface area contributed by atoms with E-state index in [1.54, 1.807) is 14.2 Å². The van der Waals surface area contributed by atoms with Crippen LogP contribution in [0.25, 0.3) is 6.08 Å². The van der Waals surface area contributed by atoms with Gasteiger partial charge in [-0.25, -0.2) is 0 Å². The number of ether oxygens (including phenoxy) is 4. The van der Waals surface area contributed by atoms with Crippen LogP contribution < -0.4 is 4.74 Å². The van der Waals surface area contributed by atoms with E-state index in [0.717, 1.165) is 22.4 Å². The lowest BCUT2D eigenvalue weighted by molar-refractivity contribution is -0.112. The van der Waals surface area contributed by atoms with Gasteiger partial charge >= 0.3 is 0 Å². The molecule has 232 valence electrons. The maximum atomic E-state index is 7.58. The average Bonchev–Trinajstić information content (AvgIpc) is 2.93. The van der Waals surface area contributed by atoms with E-state index >= 15 is 0 Å². The highest BCUT2D eigenvalue weighted by molar-refractivity contribution is 6.83. The lowest BCUT2D eigenvalue weighted by atomic mass is 9.97. The lowest BCUT2D eigenvalue weighted by Crippen LogP contribution is -2.50. The minimum atomic E-state index is -2.37. The van der Waals surface area contributed by atoms with Crippen molar-refractivity contribution in [3.63, 3.8) is 0 Å². The van der Waals surface area contributed by atoms with E-state index in [0.29, 0.717) is 29.8 Å². The van der Waals surface area contributed by atoms with Gasteiger partial charge in [-0.15, -0.1) is 5.54 Å². The molecule has 0 spiro atoms. The molecule has 0 saturated heterocycles. The summed E-state index contributed by atoms with van der Waals surface area (Å²) in [6, 6.07) is 16.4. The molecule has 0 aliphatic rings. The zero-order valence-electron chi connectivity index (χ0n) is 27.8. The molecule has 0 N–H and O–H groups in total. The zero-order chi connectivity index (χ0) is 31.3. The molecule has 5 nitrogen and oxygen atoms in total. The van der Waals surface area contributed by atoms with Crippen LogP contribution in [0.4, 0.5) is 0 Å². The summed E-state index contributed by atoms with van der Waals surface area (Å²) >= 11 is 0. The van der Waals surface area contributed by atoms with Crippen molar-refractivity contribution in [3.8, 4) is 17.2 Å². The van der Waals surface area contributed by atoms with Gasteiger partial charge in [0.05, 0.1) is 25.9 Å². The molecule has 0 radical (unpaired) electrons. The van der Waals surface area contributed by atoms with Gasteiger partial charge in [0.1, 0.15) is 32.8 Å². The molecule has 0 fully saturated rings. The summed E-state index contributed by atoms with van der Waals surface area (Å²) in [5.74, 6) is 4.28. The van der Waals surface area contributed by atoms with Gasteiger partial charge in [0.15, 0.2) is 0 Å². The molecule has 2 aromatic carbocycles. The van der Waals surface area contributed by atoms with Crippen LogP contribution in [0.1, 0.15) is 64.3 Å². The van der Waals surface area contributed by atoms with Crippen LogP contribution in [0.3, 0.4) is 0 Å². The van der Waals surface area contributed by atoms with Crippen molar-refractivity contribution >= 4 is 22.5 Å². The first-order valence-electron chi connectivity index (χ1n) is 15.2. The second-order valence-corrected chi connectivity index (χ2v) is 22.9. The highest BCUT2D eigenvalue weighted by Crippen LogP contribution is 2.47. The second-order valence-electron chi connectivity index (χ2n) is 12.7. The van der Waals surface area contributed by atoms with Crippen LogP contribution in [0.15, 0.2) is 54.6 Å². The Kier molecular flexibility index (Phi) is 14.7. The van der Waals surface area contributed by atoms with Crippen LogP contribution in [0.2, 0.25) is 36.3 Å². The summed E-state index contributed by atoms with van der Waals surface area (Å²) < 4.78 is 31.0. The molecule has 0 unspecified atom stereocenters. The normalized spacial score (nSPS) is 14.0. The maximum Gasteiger partial charge on any atom is 0.201 e. The predicted octanol–water partition coefficient (Wildman–Crippen LogP) is 8.88. The van der Waals surface area contributed by atoms with Crippen molar-refractivity contribution in [2.45, 2.75) is 90.0 Å². The van der Waals surface area contributed by atoms with Gasteiger partial charge in [-0.05, 0) is 28.3 Å². The summed E-state index contributed by atoms with van der Waals surface area (Å²) in [5, 5.41) is 0. The molecule has 0 aliphatic heterocycles. The van der Waals surface area contributed by atoms with Gasteiger partial charge in [-0.1, -0.05) is 122 Å². The van der Waals surface area contributed by atoms with Crippen molar-refractivity contribution in [3.05, 3.63) is 71.3 Å². The molecule has 2 atom stereocenters. The maximum absolute atomic E-state index is 7.58. The average molecular weight is 611 g/mol. The van der Waals surface area contributed by atoms with E-state index in [9.17, 15) is 0 Å². The Morgan fingerprint density at radius 3 is 2.00 bits per heavy atom. The van der Waals surface area contributed by atoms with E-state index in [1.165, 1.54) is 0 Å². The fraction of sp³-hybridized carbons (Fsp3) is 0.543. The monoisotopic (exact) mass is 610 g/mol. The largest absolute Gasteiger partial charge is 0.495 e. The summed E-state index contributed by atoms with van der Waals surface area (Å²) in [7, 11) is -0.679. The Hall–Kier alpha value is -2.19. The summed E-state index contributed by atoms with van der Waals surface area (Å²) in [4.78, 5) is 0. The van der Waals surface area contributed by atoms with Crippen molar-refractivity contribution in [1.82, 2.24) is 0 Å². The van der Waals surface area contributed by atoms with Crippen molar-refractivity contribution in [2.24, 2.45) is 0 Å². The number of hydrogen-bond donors (Lipinski definition) is 0. The van der Waals surface area contributed by atoms with Gasteiger partial charge in [0.2, 0.25) is 8.32 Å².